The first kappa shape index (κ1) is 15.5. The molecule has 0 atom stereocenters. The number of rotatable bonds is 3. The summed E-state index contributed by atoms with van der Waals surface area (Å²) in [7, 11) is 0. The van der Waals surface area contributed by atoms with Crippen molar-refractivity contribution in [3.05, 3.63) is 47.5 Å². The summed E-state index contributed by atoms with van der Waals surface area (Å²) in [6.45, 7) is 3.55. The van der Waals surface area contributed by atoms with E-state index in [0.29, 0.717) is 22.5 Å². The van der Waals surface area contributed by atoms with Crippen LogP contribution in [-0.4, -0.2) is 27.5 Å². The summed E-state index contributed by atoms with van der Waals surface area (Å²) in [5.74, 6) is 0.238. The van der Waals surface area contributed by atoms with Crippen LogP contribution >= 0.6 is 0 Å². The van der Waals surface area contributed by atoms with E-state index in [9.17, 15) is 8.85 Å². The number of nitrogens with zero attached hydrogens (tertiary/aromatic N) is 2. The molecule has 0 heterocycles. The maximum absolute atomic E-state index is 11.1. The summed E-state index contributed by atoms with van der Waals surface area (Å²) < 4.78 is 29.2. The summed E-state index contributed by atoms with van der Waals surface area (Å²) >= 11 is -4.85. The van der Waals surface area contributed by atoms with Crippen LogP contribution in [0.1, 0.15) is 11.1 Å². The molecule has 0 aliphatic rings. The second kappa shape index (κ2) is 5.85. The van der Waals surface area contributed by atoms with Gasteiger partial charge in [0.05, 0.1) is 0 Å². The molecule has 6 nitrogen and oxygen atoms in total. The molecule has 2 aromatic rings. The van der Waals surface area contributed by atoms with Crippen LogP contribution in [-0.2, 0) is 3.74 Å². The Morgan fingerprint density at radius 3 is 1.86 bits per heavy atom. The molecule has 0 spiro atoms. The fourth-order valence-corrected chi connectivity index (χ4v) is 2.95. The Kier molecular flexibility index (Phi) is 4.32. The summed E-state index contributed by atoms with van der Waals surface area (Å²) in [5, 5.41) is 17.7. The number of hydrogen-bond acceptors (Lipinski definition) is 4. The van der Waals surface area contributed by atoms with Gasteiger partial charge in [0.15, 0.2) is 0 Å². The number of azo groups is 1. The van der Waals surface area contributed by atoms with E-state index in [2.05, 4.69) is 10.2 Å². The predicted octanol–water partition coefficient (Wildman–Crippen LogP) is 1.99. The van der Waals surface area contributed by atoms with Crippen LogP contribution in [0.2, 0.25) is 0 Å². The Bertz CT molecular complexity index is 712. The molecule has 3 N–H and O–H groups in total. The monoisotopic (exact) mass is 350 g/mol. The Balaban J connectivity index is 2.24. The zero-order chi connectivity index (χ0) is 15.6. The molecule has 21 heavy (non-hydrogen) atoms. The molecule has 0 fully saturated rings. The third-order valence-corrected chi connectivity index (χ3v) is 4.98. The van der Waals surface area contributed by atoms with E-state index in [0.717, 1.165) is 0 Å². The first-order chi connectivity index (χ1) is 9.77. The van der Waals surface area contributed by atoms with Crippen LogP contribution in [0.15, 0.2) is 46.6 Å². The molecule has 0 radical (unpaired) electrons. The van der Waals surface area contributed by atoms with Gasteiger partial charge in [0.2, 0.25) is 0 Å². The average molecular weight is 350 g/mol. The van der Waals surface area contributed by atoms with Gasteiger partial charge in [-0.1, -0.05) is 0 Å². The van der Waals surface area contributed by atoms with Crippen molar-refractivity contribution in [1.82, 2.24) is 0 Å². The van der Waals surface area contributed by atoms with Crippen LogP contribution in [0.4, 0.5) is 11.4 Å². The molecule has 0 aliphatic carbocycles. The third-order valence-electron chi connectivity index (χ3n) is 2.94. The van der Waals surface area contributed by atoms with Gasteiger partial charge in [-0.2, -0.15) is 0 Å². The van der Waals surface area contributed by atoms with E-state index in [1.807, 2.05) is 0 Å². The SMILES string of the molecule is Cc1cc(N=Nc2ccc([As](=O)(O)O)cc2)cc(C)c1O. The Morgan fingerprint density at radius 1 is 0.905 bits per heavy atom. The molecule has 0 saturated carbocycles. The summed E-state index contributed by atoms with van der Waals surface area (Å²) in [4.78, 5) is 0. The molecule has 0 bridgehead atoms. The van der Waals surface area contributed by atoms with Crippen molar-refractivity contribution in [2.24, 2.45) is 10.2 Å². The van der Waals surface area contributed by atoms with Crippen molar-refractivity contribution < 1.29 is 17.0 Å². The van der Waals surface area contributed by atoms with E-state index in [-0.39, 0.29) is 10.1 Å². The first-order valence-corrected chi connectivity index (χ1v) is 9.54. The molecule has 0 unspecified atom stereocenters. The zero-order valence-electron chi connectivity index (χ0n) is 11.6. The van der Waals surface area contributed by atoms with Gasteiger partial charge in [-0.15, -0.1) is 0 Å². The fraction of sp³-hybridized carbons (Fsp3) is 0.143. The van der Waals surface area contributed by atoms with Gasteiger partial charge in [0.1, 0.15) is 0 Å². The van der Waals surface area contributed by atoms with E-state index in [1.165, 1.54) is 24.3 Å². The Hall–Kier alpha value is -1.88. The molecule has 0 aliphatic heterocycles. The molecule has 2 aromatic carbocycles. The second-order valence-corrected chi connectivity index (χ2v) is 8.05. The minimum absolute atomic E-state index is 0.00315. The van der Waals surface area contributed by atoms with Crippen LogP contribution in [0, 0.1) is 13.8 Å². The van der Waals surface area contributed by atoms with Crippen LogP contribution < -0.4 is 4.35 Å². The van der Waals surface area contributed by atoms with Gasteiger partial charge in [0.25, 0.3) is 0 Å². The third kappa shape index (κ3) is 3.82. The van der Waals surface area contributed by atoms with Gasteiger partial charge in [-0.05, 0) is 0 Å². The van der Waals surface area contributed by atoms with Crippen molar-refractivity contribution in [3.63, 3.8) is 0 Å². The Labute approximate surface area is 124 Å². The van der Waals surface area contributed by atoms with Gasteiger partial charge in [0, 0.05) is 0 Å². The summed E-state index contributed by atoms with van der Waals surface area (Å²) in [6.07, 6.45) is 0. The number of benzene rings is 2. The number of hydrogen-bond donors (Lipinski definition) is 3. The molecule has 0 saturated heterocycles. The number of aromatic hydroxyl groups is 1. The maximum atomic E-state index is 11.1. The van der Waals surface area contributed by atoms with E-state index in [1.54, 1.807) is 26.0 Å². The van der Waals surface area contributed by atoms with Gasteiger partial charge in [-0.25, -0.2) is 0 Å². The van der Waals surface area contributed by atoms with Gasteiger partial charge < -0.3 is 0 Å². The molecule has 0 amide bonds. The van der Waals surface area contributed by atoms with Crippen molar-refractivity contribution in [3.8, 4) is 5.75 Å². The number of aryl methyl sites for hydroxylation is 2. The fourth-order valence-electron chi connectivity index (χ4n) is 1.82. The summed E-state index contributed by atoms with van der Waals surface area (Å²) in [6, 6.07) is 9.11. The minimum atomic E-state index is -4.85. The van der Waals surface area contributed by atoms with Crippen LogP contribution in [0.25, 0.3) is 0 Å². The molecule has 7 heteroatoms. The Morgan fingerprint density at radius 2 is 1.38 bits per heavy atom. The normalized spacial score (nSPS) is 12.0. The van der Waals surface area contributed by atoms with E-state index < -0.39 is 14.2 Å². The van der Waals surface area contributed by atoms with Gasteiger partial charge >= 0.3 is 124 Å². The van der Waals surface area contributed by atoms with Gasteiger partial charge in [-0.3, -0.25) is 0 Å². The molecule has 2 rings (SSSR count). The van der Waals surface area contributed by atoms with Crippen molar-refractivity contribution in [1.29, 1.82) is 0 Å². The first-order valence-electron chi connectivity index (χ1n) is 6.15. The van der Waals surface area contributed by atoms with Crippen molar-refractivity contribution in [2.45, 2.75) is 13.8 Å². The van der Waals surface area contributed by atoms with E-state index >= 15 is 0 Å². The second-order valence-electron chi connectivity index (χ2n) is 4.69. The number of phenolic OH excluding ortho intramolecular Hbond substituents is 1. The summed E-state index contributed by atoms with van der Waals surface area (Å²) in [5.41, 5.74) is 2.52. The quantitative estimate of drug-likeness (QED) is 0.582. The zero-order valence-corrected chi connectivity index (χ0v) is 13.4. The molecule has 0 aromatic heterocycles. The topological polar surface area (TPSA) is 102 Å². The van der Waals surface area contributed by atoms with Crippen molar-refractivity contribution >= 4 is 29.9 Å². The number of phenols is 1. The predicted molar refractivity (Wildman–Crippen MR) is 78.7 cm³/mol. The van der Waals surface area contributed by atoms with Crippen molar-refractivity contribution in [2.75, 3.05) is 0 Å². The molecule has 110 valence electrons. The van der Waals surface area contributed by atoms with Crippen LogP contribution in [0.5, 0.6) is 5.75 Å². The average Bonchev–Trinajstić information content (AvgIpc) is 2.42. The molecular formula is C14H15AsN2O4. The van der Waals surface area contributed by atoms with Crippen LogP contribution in [0.3, 0.4) is 0 Å². The molecular weight excluding hydrogens is 335 g/mol. The standard InChI is InChI=1S/C14H15AsN2O4/c1-9-7-13(8-10(2)14(9)18)17-16-12-5-3-11(4-6-12)15(19,20)21/h3-8,18H,1-2H3,(H2,19,20,21). The van der Waals surface area contributed by atoms with E-state index in [4.69, 9.17) is 8.19 Å².